The number of hydrogen-bond donors (Lipinski definition) is 1. The summed E-state index contributed by atoms with van der Waals surface area (Å²) < 4.78 is 23.4. The lowest BCUT2D eigenvalue weighted by atomic mass is 10.2. The number of rotatable bonds is 6. The summed E-state index contributed by atoms with van der Waals surface area (Å²) in [6.07, 6.45) is 2.71. The van der Waals surface area contributed by atoms with Crippen LogP contribution in [0.2, 0.25) is 5.02 Å². The molecule has 5 nitrogen and oxygen atoms in total. The highest BCUT2D eigenvalue weighted by Gasteiger charge is 2.09. The molecule has 2 rings (SSSR count). The van der Waals surface area contributed by atoms with Gasteiger partial charge in [0.05, 0.1) is 12.8 Å². The summed E-state index contributed by atoms with van der Waals surface area (Å²) in [5.74, 6) is -1.39. The molecule has 0 aliphatic heterocycles. The first-order valence-electron chi connectivity index (χ1n) is 7.22. The first-order valence-corrected chi connectivity index (χ1v) is 7.59. The molecule has 0 atom stereocenters. The zero-order chi connectivity index (χ0) is 18.2. The van der Waals surface area contributed by atoms with Gasteiger partial charge in [0.25, 0.3) is 5.91 Å². The van der Waals surface area contributed by atoms with E-state index in [1.165, 1.54) is 24.3 Å². The van der Waals surface area contributed by atoms with Crippen molar-refractivity contribution in [1.29, 1.82) is 0 Å². The predicted molar refractivity (Wildman–Crippen MR) is 93.0 cm³/mol. The highest BCUT2D eigenvalue weighted by Crippen LogP contribution is 2.18. The average Bonchev–Trinajstić information content (AvgIpc) is 2.60. The third-order valence-corrected chi connectivity index (χ3v) is 3.29. The van der Waals surface area contributed by atoms with Crippen LogP contribution >= 0.6 is 11.6 Å². The Morgan fingerprint density at radius 1 is 1.24 bits per heavy atom. The van der Waals surface area contributed by atoms with E-state index in [4.69, 9.17) is 21.1 Å². The molecule has 0 unspecified atom stereocenters. The van der Waals surface area contributed by atoms with E-state index >= 15 is 0 Å². The van der Waals surface area contributed by atoms with Gasteiger partial charge in [-0.1, -0.05) is 23.7 Å². The summed E-state index contributed by atoms with van der Waals surface area (Å²) in [5, 5.41) is 2.50. The van der Waals surface area contributed by atoms with E-state index in [2.05, 4.69) is 5.32 Å². The van der Waals surface area contributed by atoms with Crippen molar-refractivity contribution >= 4 is 35.2 Å². The average molecular weight is 364 g/mol. The molecule has 0 radical (unpaired) electrons. The number of anilines is 1. The molecule has 0 heterocycles. The third-order valence-electron chi connectivity index (χ3n) is 3.06. The van der Waals surface area contributed by atoms with Crippen molar-refractivity contribution < 1.29 is 23.5 Å². The minimum atomic E-state index is -0.699. The summed E-state index contributed by atoms with van der Waals surface area (Å²) >= 11 is 5.62. The zero-order valence-corrected chi connectivity index (χ0v) is 14.0. The highest BCUT2D eigenvalue weighted by atomic mass is 35.5. The Morgan fingerprint density at radius 3 is 2.76 bits per heavy atom. The second-order valence-electron chi connectivity index (χ2n) is 4.89. The fourth-order valence-corrected chi connectivity index (χ4v) is 2.03. The van der Waals surface area contributed by atoms with Crippen molar-refractivity contribution in [2.75, 3.05) is 19.0 Å². The molecule has 7 heteroatoms. The van der Waals surface area contributed by atoms with E-state index in [1.807, 2.05) is 0 Å². The number of carbonyl (C=O) groups excluding carboxylic acids is 2. The zero-order valence-electron chi connectivity index (χ0n) is 13.3. The molecule has 25 heavy (non-hydrogen) atoms. The van der Waals surface area contributed by atoms with Crippen LogP contribution in [0.15, 0.2) is 48.5 Å². The monoisotopic (exact) mass is 363 g/mol. The summed E-state index contributed by atoms with van der Waals surface area (Å²) in [5.41, 5.74) is 0.696. The lowest BCUT2D eigenvalue weighted by molar-refractivity contribution is -0.142. The van der Waals surface area contributed by atoms with Crippen LogP contribution in [0.1, 0.15) is 5.56 Å². The van der Waals surface area contributed by atoms with Crippen LogP contribution in [-0.2, 0) is 14.3 Å². The van der Waals surface area contributed by atoms with Gasteiger partial charge in [-0.25, -0.2) is 9.18 Å². The Hall–Kier alpha value is -2.86. The molecular weight excluding hydrogens is 349 g/mol. The fourth-order valence-electron chi connectivity index (χ4n) is 1.87. The molecule has 0 spiro atoms. The number of ether oxygens (including phenoxy) is 2. The van der Waals surface area contributed by atoms with Crippen molar-refractivity contribution in [2.45, 2.75) is 0 Å². The van der Waals surface area contributed by atoms with E-state index < -0.39 is 24.3 Å². The highest BCUT2D eigenvalue weighted by molar-refractivity contribution is 6.30. The summed E-state index contributed by atoms with van der Waals surface area (Å²) in [4.78, 5) is 23.3. The molecule has 0 aliphatic carbocycles. The number of esters is 1. The molecule has 1 N–H and O–H groups in total. The number of methoxy groups -OCH3 is 1. The van der Waals surface area contributed by atoms with Crippen molar-refractivity contribution in [3.8, 4) is 5.75 Å². The van der Waals surface area contributed by atoms with E-state index in [0.717, 1.165) is 11.6 Å². The van der Waals surface area contributed by atoms with Crippen LogP contribution < -0.4 is 10.1 Å². The molecule has 0 fully saturated rings. The minimum absolute atomic E-state index is 0.0441. The minimum Gasteiger partial charge on any atom is -0.497 e. The van der Waals surface area contributed by atoms with Gasteiger partial charge in [0.2, 0.25) is 0 Å². The van der Waals surface area contributed by atoms with E-state index in [0.29, 0.717) is 5.75 Å². The van der Waals surface area contributed by atoms with Crippen LogP contribution in [0.4, 0.5) is 10.1 Å². The van der Waals surface area contributed by atoms with Crippen LogP contribution in [0.25, 0.3) is 6.08 Å². The van der Waals surface area contributed by atoms with Crippen LogP contribution in [0.3, 0.4) is 0 Å². The van der Waals surface area contributed by atoms with Gasteiger partial charge in [-0.05, 0) is 42.0 Å². The molecule has 1 amide bonds. The standard InChI is InChI=1S/C18H15ClFNO4/c1-24-14-4-2-3-12(9-14)5-8-18(23)25-11-17(22)21-16-7-6-13(19)10-15(16)20/h2-10H,11H2,1H3,(H,21,22)/b8-5+. The topological polar surface area (TPSA) is 64.6 Å². The number of amides is 1. The number of halogens is 2. The van der Waals surface area contributed by atoms with Crippen LogP contribution in [0, 0.1) is 5.82 Å². The summed E-state index contributed by atoms with van der Waals surface area (Å²) in [7, 11) is 1.54. The maximum absolute atomic E-state index is 13.6. The molecule has 0 aromatic heterocycles. The molecule has 2 aromatic carbocycles. The van der Waals surface area contributed by atoms with E-state index in [9.17, 15) is 14.0 Å². The fraction of sp³-hybridized carbons (Fsp3) is 0.111. The second kappa shape index (κ2) is 8.84. The van der Waals surface area contributed by atoms with Crippen LogP contribution in [0.5, 0.6) is 5.75 Å². The molecule has 2 aromatic rings. The first-order chi connectivity index (χ1) is 12.0. The van der Waals surface area contributed by atoms with Gasteiger partial charge in [0, 0.05) is 11.1 Å². The number of nitrogens with one attached hydrogen (secondary N) is 1. The Morgan fingerprint density at radius 2 is 2.04 bits per heavy atom. The van der Waals surface area contributed by atoms with Gasteiger partial charge >= 0.3 is 5.97 Å². The van der Waals surface area contributed by atoms with Crippen molar-refractivity contribution in [3.63, 3.8) is 0 Å². The Balaban J connectivity index is 1.84. The second-order valence-corrected chi connectivity index (χ2v) is 5.33. The maximum atomic E-state index is 13.6. The lowest BCUT2D eigenvalue weighted by Crippen LogP contribution is -2.20. The molecule has 0 saturated carbocycles. The van der Waals surface area contributed by atoms with Gasteiger partial charge in [-0.3, -0.25) is 4.79 Å². The van der Waals surface area contributed by atoms with Crippen molar-refractivity contribution in [1.82, 2.24) is 0 Å². The Bertz CT molecular complexity index is 807. The van der Waals surface area contributed by atoms with Crippen molar-refractivity contribution in [3.05, 3.63) is 64.9 Å². The van der Waals surface area contributed by atoms with E-state index in [-0.39, 0.29) is 10.7 Å². The van der Waals surface area contributed by atoms with Gasteiger partial charge in [0.15, 0.2) is 6.61 Å². The first kappa shape index (κ1) is 18.5. The Kier molecular flexibility index (Phi) is 6.54. The smallest absolute Gasteiger partial charge is 0.331 e. The predicted octanol–water partition coefficient (Wildman–Crippen LogP) is 3.68. The SMILES string of the molecule is COc1cccc(/C=C/C(=O)OCC(=O)Nc2ccc(Cl)cc2F)c1. The normalized spacial score (nSPS) is 10.5. The van der Waals surface area contributed by atoms with Gasteiger partial charge in [-0.2, -0.15) is 0 Å². The molecule has 130 valence electrons. The third kappa shape index (κ3) is 5.93. The Labute approximate surface area is 149 Å². The molecule has 0 bridgehead atoms. The van der Waals surface area contributed by atoms with Gasteiger partial charge in [0.1, 0.15) is 11.6 Å². The summed E-state index contributed by atoms with van der Waals surface area (Å²) in [6.45, 7) is -0.538. The molecular formula is C18H15ClFNO4. The number of carbonyl (C=O) groups is 2. The number of benzene rings is 2. The molecule has 0 saturated heterocycles. The van der Waals surface area contributed by atoms with Crippen LogP contribution in [-0.4, -0.2) is 25.6 Å². The largest absolute Gasteiger partial charge is 0.497 e. The maximum Gasteiger partial charge on any atom is 0.331 e. The van der Waals surface area contributed by atoms with Gasteiger partial charge in [-0.15, -0.1) is 0 Å². The van der Waals surface area contributed by atoms with Crippen molar-refractivity contribution in [2.24, 2.45) is 0 Å². The summed E-state index contributed by atoms with van der Waals surface area (Å²) in [6, 6.07) is 10.9. The van der Waals surface area contributed by atoms with Gasteiger partial charge < -0.3 is 14.8 Å². The quantitative estimate of drug-likeness (QED) is 0.628. The van der Waals surface area contributed by atoms with E-state index in [1.54, 1.807) is 31.4 Å². The molecule has 0 aliphatic rings. The number of hydrogen-bond acceptors (Lipinski definition) is 4. The lowest BCUT2D eigenvalue weighted by Gasteiger charge is -2.06.